The number of aromatic nitrogens is 2. The zero-order valence-corrected chi connectivity index (χ0v) is 16.6. The maximum atomic E-state index is 12.3. The molecule has 0 spiro atoms. The van der Waals surface area contributed by atoms with Gasteiger partial charge < -0.3 is 15.2 Å². The van der Waals surface area contributed by atoms with E-state index in [1.807, 2.05) is 44.2 Å². The lowest BCUT2D eigenvalue weighted by molar-refractivity contribution is -0.122. The number of aryl methyl sites for hydroxylation is 1. The van der Waals surface area contributed by atoms with Crippen LogP contribution >= 0.6 is 0 Å². The molecule has 2 heterocycles. The highest BCUT2D eigenvalue weighted by molar-refractivity contribution is 5.76. The third-order valence-electron chi connectivity index (χ3n) is 5.30. The lowest BCUT2D eigenvalue weighted by Crippen LogP contribution is -2.37. The number of aliphatic hydroxyl groups is 1. The summed E-state index contributed by atoms with van der Waals surface area (Å²) >= 11 is 0. The molecule has 0 saturated carbocycles. The molecular weight excluding hydrogens is 374 g/mol. The Morgan fingerprint density at radius 3 is 2.76 bits per heavy atom. The first-order valence-corrected chi connectivity index (χ1v) is 9.88. The van der Waals surface area contributed by atoms with Crippen LogP contribution in [0.2, 0.25) is 0 Å². The number of carbonyl (C=O) groups excluding carboxylic acids is 1. The van der Waals surface area contributed by atoms with Gasteiger partial charge in [0, 0.05) is 31.1 Å². The minimum atomic E-state index is -0.823. The maximum absolute atomic E-state index is 12.3. The first-order valence-electron chi connectivity index (χ1n) is 9.88. The van der Waals surface area contributed by atoms with Crippen molar-refractivity contribution < 1.29 is 14.6 Å². The largest absolute Gasteiger partial charge is 0.390 e. The van der Waals surface area contributed by atoms with Crippen LogP contribution in [-0.4, -0.2) is 39.3 Å². The quantitative estimate of drug-likeness (QED) is 0.642. The van der Waals surface area contributed by atoms with E-state index < -0.39 is 29.7 Å². The molecule has 3 rings (SSSR count). The Balaban J connectivity index is 1.57. The Hall–Kier alpha value is -2.71. The summed E-state index contributed by atoms with van der Waals surface area (Å²) < 4.78 is 7.09. The molecule has 1 aliphatic heterocycles. The zero-order chi connectivity index (χ0) is 21.0. The van der Waals surface area contributed by atoms with Crippen molar-refractivity contribution in [1.29, 1.82) is 0 Å². The lowest BCUT2D eigenvalue weighted by Gasteiger charge is -2.18. The van der Waals surface area contributed by atoms with Gasteiger partial charge in [-0.25, -0.2) is 4.79 Å². The highest BCUT2D eigenvalue weighted by atomic mass is 16.5. The van der Waals surface area contributed by atoms with Crippen molar-refractivity contribution in [2.24, 2.45) is 0 Å². The molecule has 156 valence electrons. The van der Waals surface area contributed by atoms with Gasteiger partial charge in [-0.05, 0) is 17.9 Å². The Kier molecular flexibility index (Phi) is 6.66. The summed E-state index contributed by atoms with van der Waals surface area (Å²) in [6.07, 6.45) is 0.344. The molecule has 1 aromatic carbocycles. The molecule has 1 aliphatic rings. The van der Waals surface area contributed by atoms with Crippen molar-refractivity contribution in [3.05, 3.63) is 68.5 Å². The maximum Gasteiger partial charge on any atom is 0.330 e. The predicted molar refractivity (Wildman–Crippen MR) is 108 cm³/mol. The van der Waals surface area contributed by atoms with Crippen LogP contribution in [0, 0.1) is 0 Å². The number of carbonyl (C=O) groups is 1. The summed E-state index contributed by atoms with van der Waals surface area (Å²) in [7, 11) is 0. The minimum Gasteiger partial charge on any atom is -0.390 e. The van der Waals surface area contributed by atoms with Gasteiger partial charge in [0.2, 0.25) is 5.91 Å². The number of nitrogens with one attached hydrogen (secondary N) is 2. The van der Waals surface area contributed by atoms with Gasteiger partial charge in [0.1, 0.15) is 12.3 Å². The number of aliphatic hydroxyl groups excluding tert-OH is 1. The molecule has 29 heavy (non-hydrogen) atoms. The molecule has 1 unspecified atom stereocenters. The Bertz CT molecular complexity index is 953. The van der Waals surface area contributed by atoms with Crippen LogP contribution in [0.3, 0.4) is 0 Å². The summed E-state index contributed by atoms with van der Waals surface area (Å²) in [5, 5.41) is 13.1. The van der Waals surface area contributed by atoms with E-state index in [0.29, 0.717) is 18.4 Å². The van der Waals surface area contributed by atoms with Gasteiger partial charge in [-0.3, -0.25) is 19.1 Å². The normalized spacial score (nSPS) is 22.4. The number of hydrogen-bond donors (Lipinski definition) is 3. The van der Waals surface area contributed by atoms with Gasteiger partial charge in [0.05, 0.1) is 6.10 Å². The fraction of sp³-hybridized carbons (Fsp3) is 0.476. The van der Waals surface area contributed by atoms with E-state index >= 15 is 0 Å². The third-order valence-corrected chi connectivity index (χ3v) is 5.30. The van der Waals surface area contributed by atoms with Crippen molar-refractivity contribution >= 4 is 5.91 Å². The monoisotopic (exact) mass is 401 g/mol. The first kappa shape index (κ1) is 21.0. The number of aromatic amines is 1. The topological polar surface area (TPSA) is 113 Å². The zero-order valence-electron chi connectivity index (χ0n) is 16.6. The van der Waals surface area contributed by atoms with E-state index in [0.717, 1.165) is 5.56 Å². The molecule has 1 amide bonds. The van der Waals surface area contributed by atoms with Crippen molar-refractivity contribution in [1.82, 2.24) is 14.9 Å². The van der Waals surface area contributed by atoms with Crippen LogP contribution in [0.4, 0.5) is 0 Å². The molecule has 1 saturated heterocycles. The Morgan fingerprint density at radius 1 is 1.34 bits per heavy atom. The fourth-order valence-electron chi connectivity index (χ4n) is 3.53. The number of rotatable bonds is 7. The lowest BCUT2D eigenvalue weighted by atomic mass is 9.97. The van der Waals surface area contributed by atoms with Gasteiger partial charge in [-0.15, -0.1) is 0 Å². The van der Waals surface area contributed by atoms with Gasteiger partial charge >= 0.3 is 5.69 Å². The van der Waals surface area contributed by atoms with E-state index in [1.54, 1.807) is 0 Å². The van der Waals surface area contributed by atoms with Crippen molar-refractivity contribution in [2.45, 2.75) is 57.5 Å². The summed E-state index contributed by atoms with van der Waals surface area (Å²) in [6.45, 7) is 3.95. The number of amides is 1. The third kappa shape index (κ3) is 5.02. The van der Waals surface area contributed by atoms with Crippen LogP contribution < -0.4 is 16.6 Å². The van der Waals surface area contributed by atoms with Crippen LogP contribution in [0.1, 0.15) is 50.0 Å². The Morgan fingerprint density at radius 2 is 2.07 bits per heavy atom. The molecule has 4 atom stereocenters. The molecule has 0 radical (unpaired) electrons. The highest BCUT2D eigenvalue weighted by Crippen LogP contribution is 2.27. The SMILES string of the molecule is CCc1cn([C@H]2C[C@H](O)[C@@H](CNC(=O)CC(C)c3ccccc3)O2)c(=O)[nH]c1=O. The number of H-pyrrole nitrogens is 1. The van der Waals surface area contributed by atoms with E-state index in [2.05, 4.69) is 10.3 Å². The minimum absolute atomic E-state index is 0.0746. The van der Waals surface area contributed by atoms with Crippen molar-refractivity contribution in [3.63, 3.8) is 0 Å². The van der Waals surface area contributed by atoms with Crippen molar-refractivity contribution in [3.8, 4) is 0 Å². The van der Waals surface area contributed by atoms with Gasteiger partial charge in [0.25, 0.3) is 5.56 Å². The number of hydrogen-bond acceptors (Lipinski definition) is 5. The summed E-state index contributed by atoms with van der Waals surface area (Å²) in [5.41, 5.74) is 0.563. The Labute approximate surface area is 168 Å². The van der Waals surface area contributed by atoms with E-state index in [9.17, 15) is 19.5 Å². The number of nitrogens with zero attached hydrogens (tertiary/aromatic N) is 1. The fourth-order valence-corrected chi connectivity index (χ4v) is 3.53. The molecule has 8 heteroatoms. The average molecular weight is 401 g/mol. The standard InChI is InChI=1S/C21H27N3O5/c1-3-14-12-24(21(28)23-20(14)27)19-10-16(25)17(29-19)11-22-18(26)9-13(2)15-7-5-4-6-8-15/h4-8,12-13,16-17,19,25H,3,9-11H2,1-2H3,(H,22,26)(H,23,27,28)/t13?,16-,17+,19+/m0/s1. The highest BCUT2D eigenvalue weighted by Gasteiger charge is 2.35. The molecule has 3 N–H and O–H groups in total. The van der Waals surface area contributed by atoms with Crippen molar-refractivity contribution in [2.75, 3.05) is 6.54 Å². The summed E-state index contributed by atoms with van der Waals surface area (Å²) in [6, 6.07) is 9.78. The van der Waals surface area contributed by atoms with E-state index in [1.165, 1.54) is 10.8 Å². The molecule has 1 aromatic heterocycles. The molecule has 1 fully saturated rings. The van der Waals surface area contributed by atoms with Gasteiger partial charge in [-0.2, -0.15) is 0 Å². The van der Waals surface area contributed by atoms with Crippen LogP contribution in [0.5, 0.6) is 0 Å². The first-order chi connectivity index (χ1) is 13.9. The summed E-state index contributed by atoms with van der Waals surface area (Å²) in [5.74, 6) is -0.0550. The van der Waals surface area contributed by atoms with Crippen LogP contribution in [0.15, 0.2) is 46.1 Å². The van der Waals surface area contributed by atoms with E-state index in [-0.39, 0.29) is 24.8 Å². The second-order valence-corrected chi connectivity index (χ2v) is 7.43. The number of ether oxygens (including phenoxy) is 1. The molecule has 2 aromatic rings. The predicted octanol–water partition coefficient (Wildman–Crippen LogP) is 1.06. The van der Waals surface area contributed by atoms with Crippen LogP contribution in [0.25, 0.3) is 0 Å². The smallest absolute Gasteiger partial charge is 0.330 e. The molecule has 8 nitrogen and oxygen atoms in total. The molecule has 0 bridgehead atoms. The number of benzene rings is 1. The van der Waals surface area contributed by atoms with E-state index in [4.69, 9.17) is 4.74 Å². The second kappa shape index (κ2) is 9.19. The van der Waals surface area contributed by atoms with Crippen LogP contribution in [-0.2, 0) is 16.0 Å². The second-order valence-electron chi connectivity index (χ2n) is 7.43. The van der Waals surface area contributed by atoms with Gasteiger partial charge in [0.15, 0.2) is 0 Å². The van der Waals surface area contributed by atoms with Gasteiger partial charge in [-0.1, -0.05) is 44.2 Å². The molecular formula is C21H27N3O5. The average Bonchev–Trinajstić information content (AvgIpc) is 3.07. The molecule has 0 aliphatic carbocycles. The summed E-state index contributed by atoms with van der Waals surface area (Å²) in [4.78, 5) is 38.4.